The molecule has 0 radical (unpaired) electrons. The van der Waals surface area contributed by atoms with Gasteiger partial charge in [-0.15, -0.1) is 0 Å². The van der Waals surface area contributed by atoms with Crippen molar-refractivity contribution in [2.24, 2.45) is 0 Å². The Morgan fingerprint density at radius 3 is 0.727 bits per heavy atom. The molecule has 5 nitrogen and oxygen atoms in total. The molecule has 0 heterocycles. The van der Waals surface area contributed by atoms with Crippen LogP contribution in [0.4, 0.5) is 0 Å². The van der Waals surface area contributed by atoms with E-state index in [0.29, 0.717) is 0 Å². The van der Waals surface area contributed by atoms with Crippen LogP contribution in [0.3, 0.4) is 0 Å². The van der Waals surface area contributed by atoms with Crippen molar-refractivity contribution in [2.45, 2.75) is 0 Å². The molecule has 0 unspecified atom stereocenters. The van der Waals surface area contributed by atoms with Crippen LogP contribution < -0.4 is 0 Å². The van der Waals surface area contributed by atoms with E-state index < -0.39 is 7.74 Å². The Labute approximate surface area is 106 Å². The average Bonchev–Trinajstić information content (AvgIpc) is 2.12. The zero-order chi connectivity index (χ0) is 8.98. The van der Waals surface area contributed by atoms with Crippen LogP contribution >= 0.6 is 89.0 Å². The number of rotatable bonds is 5. The minimum absolute atomic E-state index is 2.61. The molecule has 0 saturated heterocycles. The molecule has 70 valence electrons. The van der Waals surface area contributed by atoms with E-state index in [1.54, 1.807) is 0 Å². The summed E-state index contributed by atoms with van der Waals surface area (Å²) in [5.74, 6) is 0. The fourth-order valence-corrected chi connectivity index (χ4v) is 8.62. The second-order valence-electron chi connectivity index (χ2n) is 1.09. The molecule has 0 aromatic rings. The Balaban J connectivity index is 4.67. The maximum atomic E-state index is 4.59. The minimum atomic E-state index is -4.09. The van der Waals surface area contributed by atoms with Crippen LogP contribution in [0.5, 0.6) is 0 Å². The van der Waals surface area contributed by atoms with Crippen LogP contribution in [0.15, 0.2) is 0 Å². The number of halogens is 5. The van der Waals surface area contributed by atoms with Gasteiger partial charge in [-0.1, -0.05) is 0 Å². The normalized spacial score (nSPS) is 15.9. The standard InChI is InChI=1S/Br5O5P/c1-6-11(7-2,8-3,9-4)10-5. The van der Waals surface area contributed by atoms with Crippen molar-refractivity contribution in [3.63, 3.8) is 0 Å². The summed E-state index contributed by atoms with van der Waals surface area (Å²) in [5, 5.41) is 0. The molecule has 0 aromatic heterocycles. The SMILES string of the molecule is BrOP(OBr)(OBr)(OBr)OBr. The van der Waals surface area contributed by atoms with Gasteiger partial charge in [0, 0.05) is 0 Å². The molecule has 11 heavy (non-hydrogen) atoms. The van der Waals surface area contributed by atoms with E-state index in [2.05, 4.69) is 99.4 Å². The molecule has 0 aliphatic rings. The zero-order valence-corrected chi connectivity index (χ0v) is 13.2. The van der Waals surface area contributed by atoms with Gasteiger partial charge in [0.05, 0.1) is 0 Å². The van der Waals surface area contributed by atoms with Gasteiger partial charge in [0.15, 0.2) is 0 Å². The van der Waals surface area contributed by atoms with Crippen molar-refractivity contribution in [3.05, 3.63) is 0 Å². The van der Waals surface area contributed by atoms with Crippen molar-refractivity contribution in [2.75, 3.05) is 0 Å². The summed E-state index contributed by atoms with van der Waals surface area (Å²) in [6, 6.07) is 0. The quantitative estimate of drug-likeness (QED) is 0.500. The summed E-state index contributed by atoms with van der Waals surface area (Å²) in [6.45, 7) is 0. The number of hydrogen-bond donors (Lipinski definition) is 0. The van der Waals surface area contributed by atoms with Gasteiger partial charge in [0.25, 0.3) is 0 Å². The van der Waals surface area contributed by atoms with Crippen LogP contribution in [0.1, 0.15) is 0 Å². The Morgan fingerprint density at radius 2 is 0.727 bits per heavy atom. The van der Waals surface area contributed by atoms with Crippen molar-refractivity contribution >= 4 is 89.0 Å². The molecule has 0 atom stereocenters. The third-order valence-corrected chi connectivity index (χ3v) is 8.78. The average molecular weight is 510 g/mol. The van der Waals surface area contributed by atoms with Crippen LogP contribution in [0.25, 0.3) is 0 Å². The second-order valence-corrected chi connectivity index (χ2v) is 7.61. The van der Waals surface area contributed by atoms with Crippen molar-refractivity contribution < 1.29 is 18.1 Å². The van der Waals surface area contributed by atoms with Crippen molar-refractivity contribution in [1.29, 1.82) is 0 Å². The van der Waals surface area contributed by atoms with Gasteiger partial charge in [0.2, 0.25) is 0 Å². The van der Waals surface area contributed by atoms with Gasteiger partial charge < -0.3 is 0 Å². The first-order valence-corrected chi connectivity index (χ1v) is 6.75. The van der Waals surface area contributed by atoms with E-state index in [4.69, 9.17) is 0 Å². The molecule has 0 aromatic carbocycles. The van der Waals surface area contributed by atoms with Crippen LogP contribution in [-0.4, -0.2) is 0 Å². The van der Waals surface area contributed by atoms with E-state index in [1.165, 1.54) is 0 Å². The second kappa shape index (κ2) is 5.50. The molecular weight excluding hydrogens is 510 g/mol. The molecule has 0 rings (SSSR count). The van der Waals surface area contributed by atoms with Gasteiger partial charge in [-0.3, -0.25) is 0 Å². The molecular formula is Br5O5P. The van der Waals surface area contributed by atoms with Gasteiger partial charge in [-0.25, -0.2) is 0 Å². The predicted octanol–water partition coefficient (Wildman–Crippen LogP) is 4.75. The fraction of sp³-hybridized carbons (Fsp3) is 0. The molecule has 0 spiro atoms. The van der Waals surface area contributed by atoms with E-state index in [1.807, 2.05) is 0 Å². The summed E-state index contributed by atoms with van der Waals surface area (Å²) < 4.78 is 22.9. The predicted molar refractivity (Wildman–Crippen MR) is 57.0 cm³/mol. The Hall–Kier alpha value is 2.63. The first-order chi connectivity index (χ1) is 5.12. The Kier molecular flexibility index (Phi) is 6.81. The number of hydrogen-bond acceptors (Lipinski definition) is 5. The summed E-state index contributed by atoms with van der Waals surface area (Å²) in [4.78, 5) is 0. The van der Waals surface area contributed by atoms with E-state index in [9.17, 15) is 0 Å². The van der Waals surface area contributed by atoms with Crippen LogP contribution in [0, 0.1) is 0 Å². The molecule has 0 saturated carbocycles. The third kappa shape index (κ3) is 2.79. The first-order valence-electron chi connectivity index (χ1n) is 1.68. The van der Waals surface area contributed by atoms with Gasteiger partial charge in [0.1, 0.15) is 0 Å². The van der Waals surface area contributed by atoms with Gasteiger partial charge >= 0.3 is 107 Å². The first kappa shape index (κ1) is 13.6. The maximum absolute atomic E-state index is 4.59. The summed E-state index contributed by atoms with van der Waals surface area (Å²) in [6.07, 6.45) is 0. The molecule has 0 aliphatic carbocycles. The van der Waals surface area contributed by atoms with Gasteiger partial charge in [-0.2, -0.15) is 0 Å². The van der Waals surface area contributed by atoms with Gasteiger partial charge in [-0.05, 0) is 0 Å². The van der Waals surface area contributed by atoms with E-state index in [-0.39, 0.29) is 0 Å². The van der Waals surface area contributed by atoms with Crippen molar-refractivity contribution in [1.82, 2.24) is 0 Å². The molecule has 0 aliphatic heterocycles. The molecule has 0 fully saturated rings. The summed E-state index contributed by atoms with van der Waals surface area (Å²) in [7, 11) is -4.09. The Morgan fingerprint density at radius 1 is 0.545 bits per heavy atom. The molecule has 0 amide bonds. The molecule has 11 heteroatoms. The van der Waals surface area contributed by atoms with E-state index >= 15 is 0 Å². The monoisotopic (exact) mass is 506 g/mol. The summed E-state index contributed by atoms with van der Waals surface area (Å²) >= 11 is 13.0. The zero-order valence-electron chi connectivity index (χ0n) is 4.38. The van der Waals surface area contributed by atoms with Crippen LogP contribution in [0.2, 0.25) is 0 Å². The van der Waals surface area contributed by atoms with E-state index in [0.717, 1.165) is 0 Å². The Bertz CT molecular complexity index is 87.2. The molecule has 0 N–H and O–H groups in total. The third-order valence-electron chi connectivity index (χ3n) is 0.563. The van der Waals surface area contributed by atoms with Crippen molar-refractivity contribution in [3.8, 4) is 0 Å². The summed E-state index contributed by atoms with van der Waals surface area (Å²) in [5.41, 5.74) is 0. The fourth-order valence-electron chi connectivity index (χ4n) is 0.106. The van der Waals surface area contributed by atoms with Crippen LogP contribution in [-0.2, 0) is 18.1 Å². The molecule has 0 bridgehead atoms. The topological polar surface area (TPSA) is 46.2 Å².